The molecule has 2 rings (SSSR count). The molecule has 0 aromatic heterocycles. The second-order valence-electron chi connectivity index (χ2n) is 9.07. The summed E-state index contributed by atoms with van der Waals surface area (Å²) in [5, 5.41) is 21.3. The normalized spacial score (nSPS) is 12.4. The maximum atomic E-state index is 10.7. The first-order valence-corrected chi connectivity index (χ1v) is 10.3. The number of rotatable bonds is 8. The van der Waals surface area contributed by atoms with Crippen LogP contribution < -0.4 is 0 Å². The molecule has 2 nitrogen and oxygen atoms in total. The fourth-order valence-electron chi connectivity index (χ4n) is 4.74. The number of hydrogen-bond acceptors (Lipinski definition) is 2. The molecule has 0 fully saturated rings. The second-order valence-corrected chi connectivity index (χ2v) is 9.07. The Morgan fingerprint density at radius 1 is 0.667 bits per heavy atom. The van der Waals surface area contributed by atoms with Crippen molar-refractivity contribution in [2.75, 3.05) is 0 Å². The molecule has 148 valence electrons. The minimum Gasteiger partial charge on any atom is -0.508 e. The highest BCUT2D eigenvalue weighted by Crippen LogP contribution is 2.41. The van der Waals surface area contributed by atoms with E-state index in [1.165, 1.54) is 0 Å². The summed E-state index contributed by atoms with van der Waals surface area (Å²) in [5.74, 6) is 0.751. The lowest BCUT2D eigenvalue weighted by molar-refractivity contribution is 0.412. The molecule has 0 aliphatic rings. The molecule has 0 spiro atoms. The van der Waals surface area contributed by atoms with Crippen molar-refractivity contribution in [3.05, 3.63) is 58.7 Å². The van der Waals surface area contributed by atoms with Crippen molar-refractivity contribution in [2.45, 2.75) is 84.5 Å². The lowest BCUT2D eigenvalue weighted by atomic mass is 9.74. The third-order valence-corrected chi connectivity index (χ3v) is 5.74. The van der Waals surface area contributed by atoms with Gasteiger partial charge in [-0.3, -0.25) is 0 Å². The standard InChI is InChI=1S/C25H36O2/c1-7-15-24(3,4)22-18(11-9-13-20(22)26)17-19-12-10-14-21(27)23(19)25(5,6)16-8-2/h9-14,26-27H,7-8,15-17H2,1-6H3. The Morgan fingerprint density at radius 2 is 1.04 bits per heavy atom. The zero-order valence-corrected chi connectivity index (χ0v) is 17.9. The van der Waals surface area contributed by atoms with Crippen LogP contribution in [0.2, 0.25) is 0 Å². The topological polar surface area (TPSA) is 40.5 Å². The van der Waals surface area contributed by atoms with Crippen molar-refractivity contribution in [1.82, 2.24) is 0 Å². The molecule has 0 amide bonds. The van der Waals surface area contributed by atoms with Gasteiger partial charge in [0.15, 0.2) is 0 Å². The van der Waals surface area contributed by atoms with E-state index in [-0.39, 0.29) is 10.8 Å². The molecule has 0 heterocycles. The molecule has 2 aromatic rings. The summed E-state index contributed by atoms with van der Waals surface area (Å²) < 4.78 is 0. The highest BCUT2D eigenvalue weighted by atomic mass is 16.3. The van der Waals surface area contributed by atoms with Crippen LogP contribution in [0.5, 0.6) is 11.5 Å². The summed E-state index contributed by atoms with van der Waals surface area (Å²) in [4.78, 5) is 0. The van der Waals surface area contributed by atoms with E-state index in [2.05, 4.69) is 53.7 Å². The summed E-state index contributed by atoms with van der Waals surface area (Å²) in [6.07, 6.45) is 4.90. The molecule has 0 saturated carbocycles. The monoisotopic (exact) mass is 368 g/mol. The van der Waals surface area contributed by atoms with Crippen LogP contribution in [0.3, 0.4) is 0 Å². The van der Waals surface area contributed by atoms with Crippen molar-refractivity contribution in [1.29, 1.82) is 0 Å². The largest absolute Gasteiger partial charge is 0.508 e. The highest BCUT2D eigenvalue weighted by Gasteiger charge is 2.29. The molecule has 27 heavy (non-hydrogen) atoms. The van der Waals surface area contributed by atoms with Crippen LogP contribution in [0.1, 0.15) is 89.5 Å². The van der Waals surface area contributed by atoms with Gasteiger partial charge in [-0.05, 0) is 53.4 Å². The van der Waals surface area contributed by atoms with Crippen LogP contribution >= 0.6 is 0 Å². The molecular formula is C25H36O2. The summed E-state index contributed by atoms with van der Waals surface area (Å²) in [6, 6.07) is 11.7. The van der Waals surface area contributed by atoms with Crippen molar-refractivity contribution in [3.8, 4) is 11.5 Å². The summed E-state index contributed by atoms with van der Waals surface area (Å²) >= 11 is 0. The molecule has 0 saturated heterocycles. The van der Waals surface area contributed by atoms with Gasteiger partial charge in [0.05, 0.1) is 0 Å². The quantitative estimate of drug-likeness (QED) is 0.535. The lowest BCUT2D eigenvalue weighted by Gasteiger charge is -2.31. The number of benzene rings is 2. The van der Waals surface area contributed by atoms with Gasteiger partial charge in [-0.25, -0.2) is 0 Å². The first kappa shape index (κ1) is 21.3. The number of phenols is 2. The molecule has 0 aliphatic carbocycles. The average Bonchev–Trinajstić information content (AvgIpc) is 2.54. The average molecular weight is 369 g/mol. The molecular weight excluding hydrogens is 332 g/mol. The van der Waals surface area contributed by atoms with Crippen LogP contribution in [0.25, 0.3) is 0 Å². The Bertz CT molecular complexity index is 706. The molecule has 0 bridgehead atoms. The van der Waals surface area contributed by atoms with Crippen molar-refractivity contribution in [3.63, 3.8) is 0 Å². The Hall–Kier alpha value is -1.96. The lowest BCUT2D eigenvalue weighted by Crippen LogP contribution is -2.21. The van der Waals surface area contributed by atoms with Gasteiger partial charge < -0.3 is 10.2 Å². The van der Waals surface area contributed by atoms with Gasteiger partial charge in [-0.1, -0.05) is 78.6 Å². The SMILES string of the molecule is CCCC(C)(C)c1c(O)cccc1Cc1cccc(O)c1C(C)(C)CCC. The molecule has 2 N–H and O–H groups in total. The number of aromatic hydroxyl groups is 2. The fraction of sp³-hybridized carbons (Fsp3) is 0.520. The minimum atomic E-state index is -0.0919. The Kier molecular flexibility index (Phi) is 6.62. The molecule has 0 aliphatic heterocycles. The van der Waals surface area contributed by atoms with Crippen molar-refractivity contribution >= 4 is 0 Å². The molecule has 0 unspecified atom stereocenters. The third-order valence-electron chi connectivity index (χ3n) is 5.74. The smallest absolute Gasteiger partial charge is 0.119 e. The van der Waals surface area contributed by atoms with Crippen molar-refractivity contribution in [2.24, 2.45) is 0 Å². The van der Waals surface area contributed by atoms with Gasteiger partial charge >= 0.3 is 0 Å². The predicted octanol–water partition coefficient (Wildman–Crippen LogP) is 6.84. The molecule has 0 atom stereocenters. The van der Waals surface area contributed by atoms with Crippen LogP contribution in [0.15, 0.2) is 36.4 Å². The van der Waals surface area contributed by atoms with Crippen molar-refractivity contribution < 1.29 is 10.2 Å². The second kappa shape index (κ2) is 8.37. The van der Waals surface area contributed by atoms with Gasteiger partial charge in [-0.2, -0.15) is 0 Å². The van der Waals surface area contributed by atoms with Crippen LogP contribution in [-0.4, -0.2) is 10.2 Å². The zero-order chi connectivity index (χ0) is 20.2. The van der Waals surface area contributed by atoms with Gasteiger partial charge in [0, 0.05) is 11.1 Å². The van der Waals surface area contributed by atoms with E-state index in [9.17, 15) is 10.2 Å². The van der Waals surface area contributed by atoms with E-state index in [4.69, 9.17) is 0 Å². The van der Waals surface area contributed by atoms with E-state index >= 15 is 0 Å². The van der Waals surface area contributed by atoms with Crippen LogP contribution in [0.4, 0.5) is 0 Å². The molecule has 2 heteroatoms. The zero-order valence-electron chi connectivity index (χ0n) is 17.9. The van der Waals surface area contributed by atoms with Gasteiger partial charge in [0.2, 0.25) is 0 Å². The maximum absolute atomic E-state index is 10.7. The van der Waals surface area contributed by atoms with Crippen LogP contribution in [0, 0.1) is 0 Å². The Balaban J connectivity index is 2.57. The predicted molar refractivity (Wildman–Crippen MR) is 115 cm³/mol. The van der Waals surface area contributed by atoms with E-state index in [0.29, 0.717) is 17.9 Å². The van der Waals surface area contributed by atoms with E-state index in [1.54, 1.807) is 12.1 Å². The summed E-state index contributed by atoms with van der Waals surface area (Å²) in [7, 11) is 0. The van der Waals surface area contributed by atoms with E-state index in [0.717, 1.165) is 47.9 Å². The molecule has 0 radical (unpaired) electrons. The van der Waals surface area contributed by atoms with E-state index in [1.807, 2.05) is 12.1 Å². The third kappa shape index (κ3) is 4.66. The number of phenolic OH excluding ortho intramolecular Hbond substituents is 2. The Morgan fingerprint density at radius 3 is 1.37 bits per heavy atom. The Labute approximate surface area is 165 Å². The summed E-state index contributed by atoms with van der Waals surface area (Å²) in [5.41, 5.74) is 4.18. The van der Waals surface area contributed by atoms with Gasteiger partial charge in [0.1, 0.15) is 11.5 Å². The van der Waals surface area contributed by atoms with Gasteiger partial charge in [-0.15, -0.1) is 0 Å². The van der Waals surface area contributed by atoms with E-state index < -0.39 is 0 Å². The number of hydrogen-bond donors (Lipinski definition) is 2. The molecule has 2 aromatic carbocycles. The first-order valence-electron chi connectivity index (χ1n) is 10.3. The first-order chi connectivity index (χ1) is 12.6. The minimum absolute atomic E-state index is 0.0919. The maximum Gasteiger partial charge on any atom is 0.119 e. The fourth-order valence-corrected chi connectivity index (χ4v) is 4.74. The summed E-state index contributed by atoms with van der Waals surface area (Å²) in [6.45, 7) is 13.2. The highest BCUT2D eigenvalue weighted by molar-refractivity contribution is 5.50. The van der Waals surface area contributed by atoms with Gasteiger partial charge in [0.25, 0.3) is 0 Å². The van der Waals surface area contributed by atoms with Crippen LogP contribution in [-0.2, 0) is 17.3 Å².